The molecule has 1 heteroatoms. The zero-order chi connectivity index (χ0) is 15.7. The second-order valence-electron chi connectivity index (χ2n) is 7.74. The average molecular weight is 298 g/mol. The lowest BCUT2D eigenvalue weighted by molar-refractivity contribution is 0.00848. The summed E-state index contributed by atoms with van der Waals surface area (Å²) in [5.41, 5.74) is 4.36. The van der Waals surface area contributed by atoms with Gasteiger partial charge in [0.15, 0.2) is 0 Å². The molecule has 0 N–H and O–H groups in total. The minimum atomic E-state index is -0.0586. The molecule has 1 aromatic carbocycles. The fourth-order valence-electron chi connectivity index (χ4n) is 4.23. The molecular formula is C21H30O. The molecule has 1 nitrogen and oxygen atoms in total. The molecule has 0 fully saturated rings. The van der Waals surface area contributed by atoms with Gasteiger partial charge >= 0.3 is 0 Å². The van der Waals surface area contributed by atoms with Gasteiger partial charge in [-0.15, -0.1) is 0 Å². The van der Waals surface area contributed by atoms with E-state index in [0.29, 0.717) is 11.8 Å². The number of aryl methyl sites for hydroxylation is 1. The maximum absolute atomic E-state index is 6.44. The van der Waals surface area contributed by atoms with E-state index in [4.69, 9.17) is 4.74 Å². The third kappa shape index (κ3) is 2.95. The van der Waals surface area contributed by atoms with Crippen molar-refractivity contribution in [3.8, 4) is 5.75 Å². The van der Waals surface area contributed by atoms with E-state index in [9.17, 15) is 0 Å². The van der Waals surface area contributed by atoms with Crippen LogP contribution < -0.4 is 4.74 Å². The average Bonchev–Trinajstić information content (AvgIpc) is 2.46. The number of fused-ring (bicyclic) bond motifs is 3. The van der Waals surface area contributed by atoms with E-state index in [2.05, 4.69) is 52.0 Å². The van der Waals surface area contributed by atoms with Gasteiger partial charge in [0.05, 0.1) is 0 Å². The molecule has 1 heterocycles. The zero-order valence-electron chi connectivity index (χ0n) is 14.6. The highest BCUT2D eigenvalue weighted by Crippen LogP contribution is 2.51. The van der Waals surface area contributed by atoms with Crippen LogP contribution in [0.2, 0.25) is 0 Å². The lowest BCUT2D eigenvalue weighted by atomic mass is 9.67. The summed E-state index contributed by atoms with van der Waals surface area (Å²) >= 11 is 0. The molecule has 0 radical (unpaired) electrons. The molecule has 0 spiro atoms. The normalized spacial score (nSPS) is 25.7. The van der Waals surface area contributed by atoms with Gasteiger partial charge < -0.3 is 4.74 Å². The van der Waals surface area contributed by atoms with Crippen LogP contribution in [0.25, 0.3) is 0 Å². The molecule has 0 bridgehead atoms. The highest BCUT2D eigenvalue weighted by molar-refractivity contribution is 5.44. The monoisotopic (exact) mass is 298 g/mol. The van der Waals surface area contributed by atoms with Gasteiger partial charge in [-0.2, -0.15) is 0 Å². The Morgan fingerprint density at radius 3 is 2.82 bits per heavy atom. The van der Waals surface area contributed by atoms with Crippen molar-refractivity contribution in [3.63, 3.8) is 0 Å². The number of ether oxygens (including phenoxy) is 1. The first-order valence-corrected chi connectivity index (χ1v) is 8.98. The van der Waals surface area contributed by atoms with Crippen molar-refractivity contribution in [1.82, 2.24) is 0 Å². The van der Waals surface area contributed by atoms with Crippen LogP contribution in [0.1, 0.15) is 76.8 Å². The number of allylic oxidation sites excluding steroid dienone is 2. The quantitative estimate of drug-likeness (QED) is 0.487. The second kappa shape index (κ2) is 6.10. The molecule has 0 unspecified atom stereocenters. The van der Waals surface area contributed by atoms with E-state index < -0.39 is 0 Å². The van der Waals surface area contributed by atoms with Gasteiger partial charge in [0, 0.05) is 5.92 Å². The Morgan fingerprint density at radius 2 is 2.05 bits per heavy atom. The number of unbranched alkanes of at least 4 members (excludes halogenated alkanes) is 2. The molecule has 22 heavy (non-hydrogen) atoms. The fourth-order valence-corrected chi connectivity index (χ4v) is 4.23. The van der Waals surface area contributed by atoms with E-state index in [-0.39, 0.29) is 5.60 Å². The molecule has 2 aliphatic rings. The Hall–Kier alpha value is -1.24. The Morgan fingerprint density at radius 1 is 1.23 bits per heavy atom. The van der Waals surface area contributed by atoms with Crippen molar-refractivity contribution in [2.24, 2.45) is 5.92 Å². The highest BCUT2D eigenvalue weighted by atomic mass is 16.5. The topological polar surface area (TPSA) is 9.23 Å². The molecule has 1 aliphatic heterocycles. The van der Waals surface area contributed by atoms with E-state index in [1.54, 1.807) is 0 Å². The van der Waals surface area contributed by atoms with Crippen LogP contribution in [-0.4, -0.2) is 5.60 Å². The van der Waals surface area contributed by atoms with Gasteiger partial charge in [0.1, 0.15) is 11.4 Å². The number of benzene rings is 1. The standard InChI is InChI=1S/C21H30O/c1-5-6-7-8-16-10-11-17-18-13-15(2)9-12-19(18)21(3,4)22-20(17)14-16/h9-11,14,18-19H,5-8,12-13H2,1-4H3/t18-,19+/m0/s1. The Balaban J connectivity index is 1.88. The largest absolute Gasteiger partial charge is 0.487 e. The van der Waals surface area contributed by atoms with Crippen LogP contribution in [0.5, 0.6) is 5.75 Å². The minimum absolute atomic E-state index is 0.0586. The molecule has 1 aromatic rings. The van der Waals surface area contributed by atoms with Gasteiger partial charge in [0.25, 0.3) is 0 Å². The van der Waals surface area contributed by atoms with Crippen molar-refractivity contribution in [2.75, 3.05) is 0 Å². The maximum atomic E-state index is 6.44. The Bertz CT molecular complexity index is 567. The number of rotatable bonds is 4. The lowest BCUT2D eigenvalue weighted by Gasteiger charge is -2.47. The van der Waals surface area contributed by atoms with Gasteiger partial charge in [-0.05, 0) is 69.6 Å². The summed E-state index contributed by atoms with van der Waals surface area (Å²) in [5.74, 6) is 2.39. The van der Waals surface area contributed by atoms with Crippen molar-refractivity contribution in [3.05, 3.63) is 41.0 Å². The number of hydrogen-bond acceptors (Lipinski definition) is 1. The Labute approximate surface area is 135 Å². The lowest BCUT2D eigenvalue weighted by Crippen LogP contribution is -2.45. The van der Waals surface area contributed by atoms with Crippen LogP contribution >= 0.6 is 0 Å². The molecule has 0 amide bonds. The third-order valence-electron chi connectivity index (χ3n) is 5.56. The van der Waals surface area contributed by atoms with Gasteiger partial charge in [0.2, 0.25) is 0 Å². The molecule has 0 saturated heterocycles. The molecule has 2 atom stereocenters. The molecular weight excluding hydrogens is 268 g/mol. The molecule has 120 valence electrons. The van der Waals surface area contributed by atoms with Crippen molar-refractivity contribution < 1.29 is 4.74 Å². The number of hydrogen-bond donors (Lipinski definition) is 0. The summed E-state index contributed by atoms with van der Waals surface area (Å²) < 4.78 is 6.44. The molecule has 1 aliphatic carbocycles. The molecule has 0 aromatic heterocycles. The Kier molecular flexibility index (Phi) is 4.34. The van der Waals surface area contributed by atoms with Crippen molar-refractivity contribution in [2.45, 2.75) is 77.7 Å². The first kappa shape index (κ1) is 15.6. The van der Waals surface area contributed by atoms with Crippen LogP contribution in [0, 0.1) is 5.92 Å². The SMILES string of the molecule is CCCCCc1ccc2c(c1)OC(C)(C)[C@@H]1CC=C(C)C[C@@H]21. The van der Waals surface area contributed by atoms with E-state index in [0.717, 1.165) is 12.2 Å². The summed E-state index contributed by atoms with van der Waals surface area (Å²) in [7, 11) is 0. The zero-order valence-corrected chi connectivity index (χ0v) is 14.6. The van der Waals surface area contributed by atoms with Crippen LogP contribution in [0.4, 0.5) is 0 Å². The summed E-state index contributed by atoms with van der Waals surface area (Å²) in [6.45, 7) is 9.08. The smallest absolute Gasteiger partial charge is 0.123 e. The van der Waals surface area contributed by atoms with Crippen LogP contribution in [-0.2, 0) is 6.42 Å². The minimum Gasteiger partial charge on any atom is -0.487 e. The highest BCUT2D eigenvalue weighted by Gasteiger charge is 2.44. The first-order valence-electron chi connectivity index (χ1n) is 8.98. The predicted octanol–water partition coefficient (Wildman–Crippen LogP) is 6.03. The predicted molar refractivity (Wildman–Crippen MR) is 93.6 cm³/mol. The summed E-state index contributed by atoms with van der Waals surface area (Å²) in [5, 5.41) is 0. The van der Waals surface area contributed by atoms with Gasteiger partial charge in [-0.1, -0.05) is 43.5 Å². The first-order chi connectivity index (χ1) is 10.5. The van der Waals surface area contributed by atoms with Gasteiger partial charge in [-0.25, -0.2) is 0 Å². The van der Waals surface area contributed by atoms with Crippen LogP contribution in [0.3, 0.4) is 0 Å². The second-order valence-corrected chi connectivity index (χ2v) is 7.74. The molecule has 3 rings (SSSR count). The molecule has 0 saturated carbocycles. The van der Waals surface area contributed by atoms with Crippen molar-refractivity contribution >= 4 is 0 Å². The van der Waals surface area contributed by atoms with E-state index in [1.165, 1.54) is 48.8 Å². The summed E-state index contributed by atoms with van der Waals surface area (Å²) in [4.78, 5) is 0. The fraction of sp³-hybridized carbons (Fsp3) is 0.619. The van der Waals surface area contributed by atoms with Crippen molar-refractivity contribution in [1.29, 1.82) is 0 Å². The summed E-state index contributed by atoms with van der Waals surface area (Å²) in [6, 6.07) is 7.00. The maximum Gasteiger partial charge on any atom is 0.123 e. The summed E-state index contributed by atoms with van der Waals surface area (Å²) in [6.07, 6.45) is 9.82. The van der Waals surface area contributed by atoms with Crippen LogP contribution in [0.15, 0.2) is 29.8 Å². The van der Waals surface area contributed by atoms with E-state index >= 15 is 0 Å². The van der Waals surface area contributed by atoms with E-state index in [1.807, 2.05) is 0 Å². The van der Waals surface area contributed by atoms with Gasteiger partial charge in [-0.3, -0.25) is 0 Å². The third-order valence-corrected chi connectivity index (χ3v) is 5.56.